The van der Waals surface area contributed by atoms with Gasteiger partial charge in [0, 0.05) is 0 Å². The summed E-state index contributed by atoms with van der Waals surface area (Å²) >= 11 is 0. The van der Waals surface area contributed by atoms with Crippen LogP contribution in [0.4, 0.5) is 0 Å². The topological polar surface area (TPSA) is 145 Å². The molecule has 0 saturated carbocycles. The zero-order chi connectivity index (χ0) is 19.7. The Bertz CT molecular complexity index is 874. The van der Waals surface area contributed by atoms with Gasteiger partial charge in [-0.05, 0) is 49.2 Å². The molecule has 0 amide bonds. The lowest BCUT2D eigenvalue weighted by Crippen LogP contribution is -1.97. The summed E-state index contributed by atoms with van der Waals surface area (Å²) < 4.78 is 59.3. The Morgan fingerprint density at radius 1 is 0.840 bits per heavy atom. The Kier molecular flexibility index (Phi) is 8.89. The zero-order valence-corrected chi connectivity index (χ0v) is 15.2. The van der Waals surface area contributed by atoms with Crippen LogP contribution in [-0.2, 0) is 20.2 Å². The lowest BCUT2D eigenvalue weighted by atomic mass is 10.2. The maximum Gasteiger partial charge on any atom is 0.294 e. The maximum absolute atomic E-state index is 10.5. The molecule has 0 aliphatic rings. The first-order chi connectivity index (χ1) is 11.4. The summed E-state index contributed by atoms with van der Waals surface area (Å²) in [5, 5.41) is 0. The molecule has 0 unspecified atom stereocenters. The van der Waals surface area contributed by atoms with Gasteiger partial charge in [-0.25, -0.2) is 0 Å². The van der Waals surface area contributed by atoms with Crippen molar-refractivity contribution in [1.82, 2.24) is 0 Å². The van der Waals surface area contributed by atoms with E-state index in [1.54, 1.807) is 38.1 Å². The fraction of sp³-hybridized carbons (Fsp3) is 0.133. The summed E-state index contributed by atoms with van der Waals surface area (Å²) in [6.45, 7) is 6.18. The van der Waals surface area contributed by atoms with Crippen LogP contribution in [0.25, 0.3) is 5.53 Å². The Morgan fingerprint density at radius 3 is 1.28 bits per heavy atom. The molecule has 25 heavy (non-hydrogen) atoms. The van der Waals surface area contributed by atoms with Crippen LogP contribution in [0.5, 0.6) is 0 Å². The normalized spacial score (nSPS) is 10.4. The number of benzene rings is 2. The van der Waals surface area contributed by atoms with E-state index in [9.17, 15) is 16.8 Å². The Balaban J connectivity index is 0.000000399. The van der Waals surface area contributed by atoms with E-state index in [0.717, 1.165) is 11.1 Å². The van der Waals surface area contributed by atoms with Crippen LogP contribution < -0.4 is 0 Å². The zero-order valence-electron chi connectivity index (χ0n) is 13.6. The molecule has 0 aromatic heterocycles. The molecule has 2 aromatic carbocycles. The SMILES string of the molecule is C=[N+]=[N-].Cc1cccc(S(=O)(=O)O)c1.Cc1cccc(S(=O)(=O)O)c1. The summed E-state index contributed by atoms with van der Waals surface area (Å²) in [4.78, 5) is 2.13. The monoisotopic (exact) mass is 386 g/mol. The van der Waals surface area contributed by atoms with Crippen LogP contribution in [0.1, 0.15) is 11.1 Å². The molecule has 0 radical (unpaired) electrons. The fourth-order valence-corrected chi connectivity index (χ4v) is 2.72. The van der Waals surface area contributed by atoms with Crippen LogP contribution in [0.15, 0.2) is 58.3 Å². The minimum atomic E-state index is -4.03. The van der Waals surface area contributed by atoms with Gasteiger partial charge in [-0.3, -0.25) is 9.11 Å². The van der Waals surface area contributed by atoms with E-state index in [2.05, 4.69) is 11.5 Å². The van der Waals surface area contributed by atoms with Crippen molar-refractivity contribution in [2.75, 3.05) is 0 Å². The van der Waals surface area contributed by atoms with E-state index >= 15 is 0 Å². The van der Waals surface area contributed by atoms with Gasteiger partial charge in [-0.1, -0.05) is 24.3 Å². The van der Waals surface area contributed by atoms with E-state index < -0.39 is 20.2 Å². The quantitative estimate of drug-likeness (QED) is 0.351. The van der Waals surface area contributed by atoms with Crippen molar-refractivity contribution in [3.63, 3.8) is 0 Å². The predicted molar refractivity (Wildman–Crippen MR) is 92.7 cm³/mol. The number of hydrogen-bond donors (Lipinski definition) is 2. The molecule has 0 aliphatic carbocycles. The molecular formula is C15H18N2O6S2. The largest absolute Gasteiger partial charge is 0.362 e. The second-order valence-electron chi connectivity index (χ2n) is 4.72. The standard InChI is InChI=1S/2C7H8O3S.CH2N2/c2*1-6-3-2-4-7(5-6)11(8,9)10;1-3-2/h2*2-5H,1H3,(H,8,9,10);1H2. The molecule has 0 saturated heterocycles. The molecule has 2 rings (SSSR count). The molecule has 0 spiro atoms. The lowest BCUT2D eigenvalue weighted by Gasteiger charge is -1.96. The third-order valence-corrected chi connectivity index (χ3v) is 4.27. The summed E-state index contributed by atoms with van der Waals surface area (Å²) in [5.41, 5.74) is 8.69. The Hall–Kier alpha value is -2.36. The fourth-order valence-electron chi connectivity index (χ4n) is 1.55. The van der Waals surface area contributed by atoms with Gasteiger partial charge in [0.15, 0.2) is 0 Å². The first-order valence-corrected chi connectivity index (χ1v) is 9.48. The summed E-state index contributed by atoms with van der Waals surface area (Å²) in [7, 11) is -8.05. The minimum absolute atomic E-state index is 0.0579. The molecule has 2 aromatic rings. The van der Waals surface area contributed by atoms with Gasteiger partial charge in [0.1, 0.15) is 0 Å². The third kappa shape index (κ3) is 9.50. The van der Waals surface area contributed by atoms with Crippen molar-refractivity contribution in [3.8, 4) is 0 Å². The van der Waals surface area contributed by atoms with Gasteiger partial charge < -0.3 is 5.53 Å². The summed E-state index contributed by atoms with van der Waals surface area (Å²) in [5.74, 6) is 0. The highest BCUT2D eigenvalue weighted by molar-refractivity contribution is 7.86. The van der Waals surface area contributed by atoms with Gasteiger partial charge >= 0.3 is 0 Å². The predicted octanol–water partition coefficient (Wildman–Crippen LogP) is 2.40. The van der Waals surface area contributed by atoms with Crippen molar-refractivity contribution in [2.45, 2.75) is 23.6 Å². The smallest absolute Gasteiger partial charge is 0.294 e. The molecule has 2 N–H and O–H groups in total. The van der Waals surface area contributed by atoms with E-state index in [4.69, 9.17) is 14.6 Å². The molecule has 0 aliphatic heterocycles. The van der Waals surface area contributed by atoms with Gasteiger partial charge in [0.2, 0.25) is 6.72 Å². The van der Waals surface area contributed by atoms with Crippen LogP contribution in [0.3, 0.4) is 0 Å². The second kappa shape index (κ2) is 9.82. The van der Waals surface area contributed by atoms with Crippen molar-refractivity contribution < 1.29 is 30.7 Å². The highest BCUT2D eigenvalue weighted by atomic mass is 32.2. The number of hydrogen-bond acceptors (Lipinski definition) is 4. The first kappa shape index (κ1) is 22.6. The van der Waals surface area contributed by atoms with Gasteiger partial charge in [0.25, 0.3) is 20.2 Å². The Labute approximate surface area is 146 Å². The molecule has 136 valence electrons. The van der Waals surface area contributed by atoms with E-state index in [-0.39, 0.29) is 9.79 Å². The second-order valence-corrected chi connectivity index (χ2v) is 7.57. The summed E-state index contributed by atoms with van der Waals surface area (Å²) in [6.07, 6.45) is 0. The van der Waals surface area contributed by atoms with Crippen molar-refractivity contribution in [1.29, 1.82) is 0 Å². The molecule has 10 heteroatoms. The number of nitrogens with zero attached hydrogens (tertiary/aromatic N) is 2. The number of aryl methyl sites for hydroxylation is 2. The van der Waals surface area contributed by atoms with Crippen molar-refractivity contribution in [3.05, 3.63) is 65.2 Å². The lowest BCUT2D eigenvalue weighted by molar-refractivity contribution is 0.0110. The molecular weight excluding hydrogens is 368 g/mol. The van der Waals surface area contributed by atoms with Crippen LogP contribution in [0.2, 0.25) is 0 Å². The molecule has 0 heterocycles. The molecule has 0 fully saturated rings. The van der Waals surface area contributed by atoms with Crippen LogP contribution in [-0.4, -0.2) is 37.4 Å². The molecule has 0 bridgehead atoms. The maximum atomic E-state index is 10.5. The summed E-state index contributed by atoms with van der Waals surface area (Å²) in [6, 6.07) is 12.2. The average Bonchev–Trinajstić information content (AvgIpc) is 2.47. The first-order valence-electron chi connectivity index (χ1n) is 6.60. The molecule has 0 atom stereocenters. The highest BCUT2D eigenvalue weighted by Crippen LogP contribution is 2.10. The highest BCUT2D eigenvalue weighted by Gasteiger charge is 2.08. The van der Waals surface area contributed by atoms with Crippen molar-refractivity contribution in [2.24, 2.45) is 0 Å². The molecule has 8 nitrogen and oxygen atoms in total. The van der Waals surface area contributed by atoms with E-state index in [0.29, 0.717) is 0 Å². The van der Waals surface area contributed by atoms with Gasteiger partial charge in [-0.15, -0.1) is 0 Å². The van der Waals surface area contributed by atoms with E-state index in [1.807, 2.05) is 0 Å². The van der Waals surface area contributed by atoms with Crippen molar-refractivity contribution >= 4 is 27.0 Å². The average molecular weight is 386 g/mol. The van der Waals surface area contributed by atoms with Crippen LogP contribution >= 0.6 is 0 Å². The van der Waals surface area contributed by atoms with Gasteiger partial charge in [-0.2, -0.15) is 21.6 Å². The number of rotatable bonds is 2. The van der Waals surface area contributed by atoms with Gasteiger partial charge in [0.05, 0.1) is 9.79 Å². The van der Waals surface area contributed by atoms with Crippen LogP contribution in [0, 0.1) is 13.8 Å². The Morgan fingerprint density at radius 2 is 1.12 bits per heavy atom. The third-order valence-electron chi connectivity index (χ3n) is 2.57. The van der Waals surface area contributed by atoms with E-state index in [1.165, 1.54) is 24.3 Å². The minimum Gasteiger partial charge on any atom is -0.362 e.